The fourth-order valence-electron chi connectivity index (χ4n) is 1.61. The van der Waals surface area contributed by atoms with E-state index in [1.54, 1.807) is 24.4 Å². The number of aromatic hydroxyl groups is 1. The summed E-state index contributed by atoms with van der Waals surface area (Å²) in [6.45, 7) is -0.0464. The van der Waals surface area contributed by atoms with Gasteiger partial charge in [0.15, 0.2) is 0 Å². The Balaban J connectivity index is 1.90. The second-order valence-electron chi connectivity index (χ2n) is 4.36. The molecule has 1 amide bonds. The molecule has 0 radical (unpaired) electrons. The third-order valence-corrected chi connectivity index (χ3v) is 2.71. The Hall–Kier alpha value is -3.49. The van der Waals surface area contributed by atoms with E-state index < -0.39 is 10.8 Å². The molecule has 0 unspecified atom stereocenters. The van der Waals surface area contributed by atoms with Gasteiger partial charge in [0.1, 0.15) is 11.6 Å². The quantitative estimate of drug-likeness (QED) is 0.418. The lowest BCUT2D eigenvalue weighted by Crippen LogP contribution is -2.26. The van der Waals surface area contributed by atoms with Gasteiger partial charge in [-0.15, -0.1) is 0 Å². The number of nitro benzene ring substituents is 1. The van der Waals surface area contributed by atoms with Gasteiger partial charge in [-0.1, -0.05) is 6.07 Å². The van der Waals surface area contributed by atoms with E-state index in [-0.39, 0.29) is 23.5 Å². The maximum atomic E-state index is 11.6. The number of hydrazone groups is 1. The van der Waals surface area contributed by atoms with Crippen LogP contribution in [0.5, 0.6) is 5.75 Å². The summed E-state index contributed by atoms with van der Waals surface area (Å²) in [7, 11) is 0. The molecule has 9 heteroatoms. The van der Waals surface area contributed by atoms with Crippen molar-refractivity contribution in [1.29, 1.82) is 0 Å². The van der Waals surface area contributed by atoms with Crippen LogP contribution in [0, 0.1) is 10.1 Å². The van der Waals surface area contributed by atoms with Crippen LogP contribution in [0.3, 0.4) is 0 Å². The molecule has 0 saturated carbocycles. The van der Waals surface area contributed by atoms with Crippen molar-refractivity contribution in [2.75, 3.05) is 11.9 Å². The zero-order valence-corrected chi connectivity index (χ0v) is 11.8. The number of non-ortho nitro benzene ring substituents is 1. The molecule has 2 rings (SSSR count). The monoisotopic (exact) mass is 315 g/mol. The van der Waals surface area contributed by atoms with Gasteiger partial charge in [-0.3, -0.25) is 14.9 Å². The Labute approximate surface area is 130 Å². The van der Waals surface area contributed by atoms with Crippen LogP contribution in [0.2, 0.25) is 0 Å². The first-order chi connectivity index (χ1) is 11.1. The second kappa shape index (κ2) is 7.50. The van der Waals surface area contributed by atoms with E-state index in [1.165, 1.54) is 12.1 Å². The number of rotatable bonds is 6. The largest absolute Gasteiger partial charge is 0.507 e. The van der Waals surface area contributed by atoms with E-state index in [9.17, 15) is 20.0 Å². The highest BCUT2D eigenvalue weighted by Crippen LogP contribution is 2.21. The number of anilines is 1. The molecule has 0 spiro atoms. The number of nitrogens with one attached hydrogen (secondary N) is 2. The van der Waals surface area contributed by atoms with E-state index in [4.69, 9.17) is 0 Å². The fourth-order valence-corrected chi connectivity index (χ4v) is 1.61. The van der Waals surface area contributed by atoms with Crippen LogP contribution < -0.4 is 10.7 Å². The molecule has 0 aliphatic carbocycles. The number of hydrogen-bond donors (Lipinski definition) is 3. The molecule has 118 valence electrons. The number of nitro groups is 1. The number of phenols is 1. The average Bonchev–Trinajstić information content (AvgIpc) is 2.55. The van der Waals surface area contributed by atoms with E-state index >= 15 is 0 Å². The maximum Gasteiger partial charge on any atom is 0.270 e. The first kappa shape index (κ1) is 15.9. The molecular formula is C14H13N5O4. The molecule has 2 aromatic rings. The van der Waals surface area contributed by atoms with Gasteiger partial charge in [-0.25, -0.2) is 10.4 Å². The number of amides is 1. The summed E-state index contributed by atoms with van der Waals surface area (Å²) in [5, 5.41) is 26.7. The van der Waals surface area contributed by atoms with Gasteiger partial charge in [0.05, 0.1) is 17.7 Å². The zero-order chi connectivity index (χ0) is 16.7. The van der Waals surface area contributed by atoms with Crippen molar-refractivity contribution < 1.29 is 14.8 Å². The van der Waals surface area contributed by atoms with Crippen molar-refractivity contribution in [2.45, 2.75) is 0 Å². The van der Waals surface area contributed by atoms with Gasteiger partial charge in [0.2, 0.25) is 0 Å². The number of benzene rings is 1. The van der Waals surface area contributed by atoms with Crippen molar-refractivity contribution in [3.63, 3.8) is 0 Å². The topological polar surface area (TPSA) is 130 Å². The van der Waals surface area contributed by atoms with Gasteiger partial charge < -0.3 is 10.4 Å². The molecule has 0 atom stereocenters. The molecule has 1 heterocycles. The van der Waals surface area contributed by atoms with Crippen LogP contribution in [0.4, 0.5) is 11.5 Å². The van der Waals surface area contributed by atoms with Crippen molar-refractivity contribution >= 4 is 23.6 Å². The highest BCUT2D eigenvalue weighted by Gasteiger charge is 2.08. The van der Waals surface area contributed by atoms with Crippen LogP contribution in [-0.4, -0.2) is 33.7 Å². The first-order valence-corrected chi connectivity index (χ1v) is 6.50. The number of carbonyl (C=O) groups excluding carboxylic acids is 1. The zero-order valence-electron chi connectivity index (χ0n) is 11.8. The fraction of sp³-hybridized carbons (Fsp3) is 0.0714. The summed E-state index contributed by atoms with van der Waals surface area (Å²) in [6, 6.07) is 8.73. The van der Waals surface area contributed by atoms with Crippen molar-refractivity contribution in [1.82, 2.24) is 10.4 Å². The lowest BCUT2D eigenvalue weighted by Gasteiger charge is -2.03. The van der Waals surface area contributed by atoms with E-state index in [0.29, 0.717) is 5.82 Å². The predicted molar refractivity (Wildman–Crippen MR) is 83.2 cm³/mol. The molecule has 9 nitrogen and oxygen atoms in total. The van der Waals surface area contributed by atoms with Crippen molar-refractivity contribution in [3.8, 4) is 5.75 Å². The first-order valence-electron chi connectivity index (χ1n) is 6.50. The summed E-state index contributed by atoms with van der Waals surface area (Å²) < 4.78 is 0. The third-order valence-electron chi connectivity index (χ3n) is 2.71. The standard InChI is InChI=1S/C14H13N5O4/c20-12-5-4-11(19(22)23)7-10(12)8-17-18-14(21)9-16-13-3-1-2-6-15-13/h1-8,20H,9H2,(H,15,16)(H,18,21)/b17-8+. The third kappa shape index (κ3) is 4.77. The minimum atomic E-state index is -0.591. The molecule has 0 saturated heterocycles. The number of hydrogen-bond acceptors (Lipinski definition) is 7. The Kier molecular flexibility index (Phi) is 5.18. The highest BCUT2D eigenvalue weighted by atomic mass is 16.6. The molecule has 0 fully saturated rings. The predicted octanol–water partition coefficient (Wildman–Crippen LogP) is 1.26. The molecular weight excluding hydrogens is 302 g/mol. The van der Waals surface area contributed by atoms with Crippen LogP contribution in [0.25, 0.3) is 0 Å². The molecule has 0 aliphatic heterocycles. The van der Waals surface area contributed by atoms with Crippen LogP contribution in [0.1, 0.15) is 5.56 Å². The molecule has 0 aliphatic rings. The number of nitrogens with zero attached hydrogens (tertiary/aromatic N) is 3. The Morgan fingerprint density at radius 2 is 2.22 bits per heavy atom. The minimum absolute atomic E-state index is 0.0464. The molecule has 0 bridgehead atoms. The number of phenolic OH excluding ortho intramolecular Hbond substituents is 1. The molecule has 1 aromatic heterocycles. The smallest absolute Gasteiger partial charge is 0.270 e. The molecule has 23 heavy (non-hydrogen) atoms. The van der Waals surface area contributed by atoms with E-state index in [2.05, 4.69) is 20.8 Å². The summed E-state index contributed by atoms with van der Waals surface area (Å²) >= 11 is 0. The Morgan fingerprint density at radius 3 is 2.91 bits per heavy atom. The van der Waals surface area contributed by atoms with Crippen molar-refractivity contribution in [2.24, 2.45) is 5.10 Å². The van der Waals surface area contributed by atoms with Crippen LogP contribution >= 0.6 is 0 Å². The number of carbonyl (C=O) groups is 1. The lowest BCUT2D eigenvalue weighted by atomic mass is 10.2. The Morgan fingerprint density at radius 1 is 1.39 bits per heavy atom. The van der Waals surface area contributed by atoms with Crippen LogP contribution in [0.15, 0.2) is 47.7 Å². The van der Waals surface area contributed by atoms with Gasteiger partial charge in [0.25, 0.3) is 11.6 Å². The SMILES string of the molecule is O=C(CNc1ccccn1)N/N=C/c1cc([N+](=O)[O-])ccc1O. The average molecular weight is 315 g/mol. The minimum Gasteiger partial charge on any atom is -0.507 e. The normalized spacial score (nSPS) is 10.4. The summed E-state index contributed by atoms with van der Waals surface area (Å²) in [4.78, 5) is 25.6. The maximum absolute atomic E-state index is 11.6. The van der Waals surface area contributed by atoms with Gasteiger partial charge in [-0.05, 0) is 18.2 Å². The molecule has 1 aromatic carbocycles. The lowest BCUT2D eigenvalue weighted by molar-refractivity contribution is -0.384. The van der Waals surface area contributed by atoms with E-state index in [1.807, 2.05) is 0 Å². The molecule has 3 N–H and O–H groups in total. The second-order valence-corrected chi connectivity index (χ2v) is 4.36. The summed E-state index contributed by atoms with van der Waals surface area (Å²) in [6.07, 6.45) is 2.71. The number of pyridine rings is 1. The van der Waals surface area contributed by atoms with E-state index in [0.717, 1.165) is 12.3 Å². The van der Waals surface area contributed by atoms with Gasteiger partial charge in [0, 0.05) is 23.9 Å². The summed E-state index contributed by atoms with van der Waals surface area (Å²) in [5.41, 5.74) is 2.17. The van der Waals surface area contributed by atoms with Gasteiger partial charge >= 0.3 is 0 Å². The Bertz CT molecular complexity index is 733. The van der Waals surface area contributed by atoms with Crippen LogP contribution in [-0.2, 0) is 4.79 Å². The number of aromatic nitrogens is 1. The van der Waals surface area contributed by atoms with Crippen molar-refractivity contribution in [3.05, 3.63) is 58.3 Å². The highest BCUT2D eigenvalue weighted by molar-refractivity contribution is 5.86. The van der Waals surface area contributed by atoms with Gasteiger partial charge in [-0.2, -0.15) is 5.10 Å². The summed E-state index contributed by atoms with van der Waals surface area (Å²) in [5.74, 6) is -0.0695.